The number of nitrogens with zero attached hydrogens (tertiary/aromatic N) is 2. The fraction of sp³-hybridized carbons (Fsp3) is 0.462. The van der Waals surface area contributed by atoms with E-state index in [1.54, 1.807) is 10.8 Å². The number of aromatic amines is 1. The average Bonchev–Trinajstić information content (AvgIpc) is 3.10. The van der Waals surface area contributed by atoms with Gasteiger partial charge in [-0.15, -0.1) is 0 Å². The minimum absolute atomic E-state index is 0.00260. The van der Waals surface area contributed by atoms with E-state index in [4.69, 9.17) is 12.2 Å². The van der Waals surface area contributed by atoms with Gasteiger partial charge in [-0.25, -0.2) is 4.98 Å². The minimum atomic E-state index is -0.351. The molecule has 2 N–H and O–H groups in total. The summed E-state index contributed by atoms with van der Waals surface area (Å²) in [6, 6.07) is 1.92. The number of hydrogen-bond donors (Lipinski definition) is 2. The van der Waals surface area contributed by atoms with Gasteiger partial charge in [0.1, 0.15) is 6.04 Å². The maximum Gasteiger partial charge on any atom is 0.243 e. The number of carbonyl (C=O) groups excluding carboxylic acids is 1. The van der Waals surface area contributed by atoms with Crippen LogP contribution < -0.4 is 5.32 Å². The van der Waals surface area contributed by atoms with Crippen molar-refractivity contribution in [3.63, 3.8) is 0 Å². The van der Waals surface area contributed by atoms with E-state index < -0.39 is 0 Å². The van der Waals surface area contributed by atoms with E-state index in [0.717, 1.165) is 29.6 Å². The SMILES string of the molecule is Cc1ccnc2c1[nH]c(=S)n2C(C)C(=O)NC1CC1. The largest absolute Gasteiger partial charge is 0.352 e. The Hall–Kier alpha value is -1.69. The van der Waals surface area contributed by atoms with Gasteiger partial charge in [0.05, 0.1) is 5.52 Å². The Labute approximate surface area is 116 Å². The summed E-state index contributed by atoms with van der Waals surface area (Å²) in [6.45, 7) is 3.85. The van der Waals surface area contributed by atoms with Gasteiger partial charge >= 0.3 is 0 Å². The molecule has 1 unspecified atom stereocenters. The van der Waals surface area contributed by atoms with Crippen LogP contribution in [0.25, 0.3) is 11.2 Å². The van der Waals surface area contributed by atoms with Crippen molar-refractivity contribution in [2.75, 3.05) is 0 Å². The highest BCUT2D eigenvalue weighted by atomic mass is 32.1. The first-order chi connectivity index (χ1) is 9.08. The summed E-state index contributed by atoms with van der Waals surface area (Å²) >= 11 is 5.32. The minimum Gasteiger partial charge on any atom is -0.352 e. The first kappa shape index (κ1) is 12.3. The number of nitrogens with one attached hydrogen (secondary N) is 2. The van der Waals surface area contributed by atoms with Gasteiger partial charge in [0.2, 0.25) is 5.91 Å². The Morgan fingerprint density at radius 3 is 3.05 bits per heavy atom. The van der Waals surface area contributed by atoms with Gasteiger partial charge in [0, 0.05) is 12.2 Å². The van der Waals surface area contributed by atoms with Crippen molar-refractivity contribution in [2.24, 2.45) is 0 Å². The molecule has 2 aromatic rings. The molecule has 2 heterocycles. The highest BCUT2D eigenvalue weighted by molar-refractivity contribution is 7.71. The Morgan fingerprint density at radius 1 is 1.63 bits per heavy atom. The number of amides is 1. The molecule has 6 heteroatoms. The predicted octanol–water partition coefficient (Wildman–Crippen LogP) is 2.24. The Kier molecular flexibility index (Phi) is 2.89. The fourth-order valence-corrected chi connectivity index (χ4v) is 2.52. The number of rotatable bonds is 3. The van der Waals surface area contributed by atoms with E-state index in [1.165, 1.54) is 0 Å². The van der Waals surface area contributed by atoms with Crippen molar-refractivity contribution in [3.05, 3.63) is 22.6 Å². The molecule has 1 atom stereocenters. The maximum atomic E-state index is 12.2. The van der Waals surface area contributed by atoms with Crippen LogP contribution in [0.2, 0.25) is 0 Å². The summed E-state index contributed by atoms with van der Waals surface area (Å²) < 4.78 is 2.32. The predicted molar refractivity (Wildman–Crippen MR) is 75.5 cm³/mol. The van der Waals surface area contributed by atoms with E-state index in [-0.39, 0.29) is 11.9 Å². The lowest BCUT2D eigenvalue weighted by molar-refractivity contribution is -0.123. The summed E-state index contributed by atoms with van der Waals surface area (Å²) in [4.78, 5) is 19.6. The van der Waals surface area contributed by atoms with Crippen LogP contribution in [0.5, 0.6) is 0 Å². The molecule has 0 saturated heterocycles. The topological polar surface area (TPSA) is 62.7 Å². The Morgan fingerprint density at radius 2 is 2.37 bits per heavy atom. The summed E-state index contributed by atoms with van der Waals surface area (Å²) in [7, 11) is 0. The first-order valence-corrected chi connectivity index (χ1v) is 6.85. The summed E-state index contributed by atoms with van der Waals surface area (Å²) in [5.41, 5.74) is 2.71. The molecule has 1 aliphatic rings. The average molecular weight is 276 g/mol. The van der Waals surface area contributed by atoms with Gasteiger partial charge in [0.25, 0.3) is 0 Å². The number of hydrogen-bond acceptors (Lipinski definition) is 3. The fourth-order valence-electron chi connectivity index (χ4n) is 2.17. The molecular weight excluding hydrogens is 260 g/mol. The standard InChI is InChI=1S/C13H16N4OS/c1-7-5-6-14-11-10(7)16-13(19)17(11)8(2)12(18)15-9-3-4-9/h5-6,8-9H,3-4H2,1-2H3,(H,15,18)(H,16,19). The second-order valence-electron chi connectivity index (χ2n) is 5.09. The lowest BCUT2D eigenvalue weighted by atomic mass is 10.2. The van der Waals surface area contributed by atoms with Gasteiger partial charge in [-0.3, -0.25) is 9.36 Å². The lowest BCUT2D eigenvalue weighted by Gasteiger charge is -2.13. The molecule has 5 nitrogen and oxygen atoms in total. The molecule has 1 saturated carbocycles. The highest BCUT2D eigenvalue weighted by Gasteiger charge is 2.27. The number of carbonyl (C=O) groups is 1. The zero-order valence-electron chi connectivity index (χ0n) is 10.9. The van der Waals surface area contributed by atoms with Crippen molar-refractivity contribution >= 4 is 29.3 Å². The Balaban J connectivity index is 2.03. The molecule has 100 valence electrons. The third kappa shape index (κ3) is 2.16. The molecule has 2 aromatic heterocycles. The van der Waals surface area contributed by atoms with Crippen molar-refractivity contribution in [1.82, 2.24) is 19.9 Å². The third-order valence-electron chi connectivity index (χ3n) is 3.51. The van der Waals surface area contributed by atoms with Crippen LogP contribution in [0.1, 0.15) is 31.4 Å². The second kappa shape index (κ2) is 4.45. The molecule has 0 bridgehead atoms. The number of imidazole rings is 1. The van der Waals surface area contributed by atoms with Gasteiger partial charge in [-0.1, -0.05) is 0 Å². The van der Waals surface area contributed by atoms with Crippen molar-refractivity contribution in [2.45, 2.75) is 38.8 Å². The van der Waals surface area contributed by atoms with Crippen molar-refractivity contribution in [1.29, 1.82) is 0 Å². The third-order valence-corrected chi connectivity index (χ3v) is 3.81. The van der Waals surface area contributed by atoms with E-state index in [2.05, 4.69) is 15.3 Å². The van der Waals surface area contributed by atoms with Crippen molar-refractivity contribution in [3.8, 4) is 0 Å². The maximum absolute atomic E-state index is 12.2. The molecule has 1 fully saturated rings. The van der Waals surface area contributed by atoms with E-state index in [0.29, 0.717) is 10.8 Å². The smallest absolute Gasteiger partial charge is 0.243 e. The normalized spacial score (nSPS) is 16.5. The molecule has 0 spiro atoms. The molecular formula is C13H16N4OS. The lowest BCUT2D eigenvalue weighted by Crippen LogP contribution is -2.32. The van der Waals surface area contributed by atoms with Crippen LogP contribution in [-0.2, 0) is 4.79 Å². The summed E-state index contributed by atoms with van der Waals surface area (Å²) in [5, 5.41) is 3.00. The van der Waals surface area contributed by atoms with Crippen LogP contribution >= 0.6 is 12.2 Å². The van der Waals surface area contributed by atoms with Crippen LogP contribution in [-0.4, -0.2) is 26.5 Å². The number of fused-ring (bicyclic) bond motifs is 1. The van der Waals surface area contributed by atoms with E-state index in [9.17, 15) is 4.79 Å². The second-order valence-corrected chi connectivity index (χ2v) is 5.47. The number of H-pyrrole nitrogens is 1. The quantitative estimate of drug-likeness (QED) is 0.845. The van der Waals surface area contributed by atoms with Crippen LogP contribution in [0.3, 0.4) is 0 Å². The molecule has 0 radical (unpaired) electrons. The molecule has 0 aliphatic heterocycles. The van der Waals surface area contributed by atoms with E-state index >= 15 is 0 Å². The molecule has 0 aromatic carbocycles. The zero-order chi connectivity index (χ0) is 13.6. The van der Waals surface area contributed by atoms with Gasteiger partial charge in [0.15, 0.2) is 10.4 Å². The van der Waals surface area contributed by atoms with Crippen molar-refractivity contribution < 1.29 is 4.79 Å². The first-order valence-electron chi connectivity index (χ1n) is 6.44. The summed E-state index contributed by atoms with van der Waals surface area (Å²) in [5.74, 6) is 0.00260. The molecule has 19 heavy (non-hydrogen) atoms. The van der Waals surface area contributed by atoms with Gasteiger partial charge in [-0.2, -0.15) is 0 Å². The Bertz CT molecular complexity index is 698. The van der Waals surface area contributed by atoms with Crippen LogP contribution in [0.4, 0.5) is 0 Å². The van der Waals surface area contributed by atoms with Gasteiger partial charge in [-0.05, 0) is 50.5 Å². The molecule has 3 rings (SSSR count). The van der Waals surface area contributed by atoms with Crippen LogP contribution in [0.15, 0.2) is 12.3 Å². The van der Waals surface area contributed by atoms with Crippen LogP contribution in [0, 0.1) is 11.7 Å². The zero-order valence-corrected chi connectivity index (χ0v) is 11.8. The van der Waals surface area contributed by atoms with E-state index in [1.807, 2.05) is 19.9 Å². The monoisotopic (exact) mass is 276 g/mol. The number of aryl methyl sites for hydroxylation is 1. The van der Waals surface area contributed by atoms with Gasteiger partial charge < -0.3 is 10.3 Å². The highest BCUT2D eigenvalue weighted by Crippen LogP contribution is 2.22. The summed E-state index contributed by atoms with van der Waals surface area (Å²) in [6.07, 6.45) is 3.90. The number of pyridine rings is 1. The molecule has 1 aliphatic carbocycles. The number of aromatic nitrogens is 3. The molecule has 1 amide bonds.